The highest BCUT2D eigenvalue weighted by molar-refractivity contribution is 4.97. The number of hydrogen-bond donors (Lipinski definition) is 3. The van der Waals surface area contributed by atoms with Crippen molar-refractivity contribution in [1.82, 2.24) is 0 Å². The van der Waals surface area contributed by atoms with Crippen LogP contribution in [0.4, 0.5) is 0 Å². The van der Waals surface area contributed by atoms with Gasteiger partial charge in [-0.15, -0.1) is 0 Å². The Balaban J connectivity index is 2.87. The SMILES string of the molecule is CC(O)[C@]1(C)O[C@@H](O)[C@H](C)[C@H]1CO. The second-order valence-electron chi connectivity index (χ2n) is 4.02. The third-order valence-corrected chi connectivity index (χ3v) is 3.22. The monoisotopic (exact) mass is 190 g/mol. The predicted octanol–water partition coefficient (Wildman–Crippen LogP) is -0.281. The van der Waals surface area contributed by atoms with Crippen LogP contribution in [-0.4, -0.2) is 39.9 Å². The molecule has 0 aromatic rings. The summed E-state index contributed by atoms with van der Waals surface area (Å²) in [5.74, 6) is -0.368. The minimum atomic E-state index is -0.892. The van der Waals surface area contributed by atoms with E-state index in [-0.39, 0.29) is 18.4 Å². The molecular formula is C9H18O4. The molecule has 1 fully saturated rings. The van der Waals surface area contributed by atoms with Gasteiger partial charge in [-0.1, -0.05) is 6.92 Å². The highest BCUT2D eigenvalue weighted by Crippen LogP contribution is 2.41. The number of rotatable bonds is 2. The zero-order valence-corrected chi connectivity index (χ0v) is 8.27. The molecule has 13 heavy (non-hydrogen) atoms. The molecule has 1 saturated heterocycles. The van der Waals surface area contributed by atoms with Crippen molar-refractivity contribution < 1.29 is 20.1 Å². The number of aliphatic hydroxyl groups excluding tert-OH is 3. The van der Waals surface area contributed by atoms with Crippen molar-refractivity contribution in [3.63, 3.8) is 0 Å². The zero-order valence-electron chi connectivity index (χ0n) is 8.27. The molecule has 1 unspecified atom stereocenters. The fraction of sp³-hybridized carbons (Fsp3) is 1.00. The first kappa shape index (κ1) is 10.9. The van der Waals surface area contributed by atoms with Crippen molar-refractivity contribution in [2.24, 2.45) is 11.8 Å². The Hall–Kier alpha value is -0.160. The molecule has 0 saturated carbocycles. The van der Waals surface area contributed by atoms with Crippen molar-refractivity contribution in [2.75, 3.05) is 6.61 Å². The van der Waals surface area contributed by atoms with Crippen LogP contribution in [0.3, 0.4) is 0 Å². The van der Waals surface area contributed by atoms with Crippen LogP contribution in [0.15, 0.2) is 0 Å². The number of hydrogen-bond acceptors (Lipinski definition) is 4. The second kappa shape index (κ2) is 3.53. The molecular weight excluding hydrogens is 172 g/mol. The summed E-state index contributed by atoms with van der Waals surface area (Å²) in [6.07, 6.45) is -1.60. The standard InChI is InChI=1S/C9H18O4/c1-5-7(4-10)9(3,6(2)11)13-8(5)12/h5-8,10-12H,4H2,1-3H3/t5-,6?,7-,8-,9+/m1/s1. The van der Waals surface area contributed by atoms with E-state index in [1.807, 2.05) is 0 Å². The Morgan fingerprint density at radius 3 is 2.38 bits per heavy atom. The van der Waals surface area contributed by atoms with Gasteiger partial charge in [0.1, 0.15) is 0 Å². The lowest BCUT2D eigenvalue weighted by Gasteiger charge is -2.32. The minimum absolute atomic E-state index is 0.0837. The van der Waals surface area contributed by atoms with E-state index in [1.165, 1.54) is 0 Å². The summed E-state index contributed by atoms with van der Waals surface area (Å²) in [6.45, 7) is 5.04. The molecule has 1 rings (SSSR count). The van der Waals surface area contributed by atoms with Gasteiger partial charge in [0, 0.05) is 18.4 Å². The smallest absolute Gasteiger partial charge is 0.158 e. The molecule has 4 heteroatoms. The van der Waals surface area contributed by atoms with Crippen LogP contribution in [0.1, 0.15) is 20.8 Å². The lowest BCUT2D eigenvalue weighted by atomic mass is 9.80. The third-order valence-electron chi connectivity index (χ3n) is 3.22. The van der Waals surface area contributed by atoms with Gasteiger partial charge in [-0.25, -0.2) is 0 Å². The van der Waals surface area contributed by atoms with E-state index in [0.717, 1.165) is 0 Å². The summed E-state index contributed by atoms with van der Waals surface area (Å²) >= 11 is 0. The van der Waals surface area contributed by atoms with Crippen molar-refractivity contribution in [2.45, 2.75) is 38.8 Å². The molecule has 1 aliphatic rings. The maximum absolute atomic E-state index is 9.50. The molecule has 4 nitrogen and oxygen atoms in total. The van der Waals surface area contributed by atoms with E-state index < -0.39 is 18.0 Å². The molecule has 78 valence electrons. The lowest BCUT2D eigenvalue weighted by molar-refractivity contribution is -0.178. The van der Waals surface area contributed by atoms with Gasteiger partial charge >= 0.3 is 0 Å². The van der Waals surface area contributed by atoms with E-state index in [4.69, 9.17) is 9.84 Å². The first-order chi connectivity index (χ1) is 5.93. The summed E-state index contributed by atoms with van der Waals surface area (Å²) in [5.41, 5.74) is -0.840. The molecule has 5 atom stereocenters. The van der Waals surface area contributed by atoms with Crippen LogP contribution >= 0.6 is 0 Å². The maximum Gasteiger partial charge on any atom is 0.158 e. The molecule has 0 amide bonds. The van der Waals surface area contributed by atoms with Crippen LogP contribution in [0, 0.1) is 11.8 Å². The molecule has 0 aliphatic carbocycles. The van der Waals surface area contributed by atoms with E-state index in [2.05, 4.69) is 0 Å². The van der Waals surface area contributed by atoms with Crippen LogP contribution in [-0.2, 0) is 4.74 Å². The maximum atomic E-state index is 9.50. The minimum Gasteiger partial charge on any atom is -0.396 e. The van der Waals surface area contributed by atoms with Crippen molar-refractivity contribution >= 4 is 0 Å². The highest BCUT2D eigenvalue weighted by atomic mass is 16.6. The first-order valence-corrected chi connectivity index (χ1v) is 4.58. The van der Waals surface area contributed by atoms with Crippen molar-refractivity contribution in [1.29, 1.82) is 0 Å². The summed E-state index contributed by atoms with van der Waals surface area (Å²) in [6, 6.07) is 0. The normalized spacial score (nSPS) is 48.0. The first-order valence-electron chi connectivity index (χ1n) is 4.58. The van der Waals surface area contributed by atoms with Gasteiger partial charge in [0.2, 0.25) is 0 Å². The highest BCUT2D eigenvalue weighted by Gasteiger charge is 2.51. The molecule has 0 aromatic carbocycles. The van der Waals surface area contributed by atoms with E-state index in [9.17, 15) is 10.2 Å². The fourth-order valence-electron chi connectivity index (χ4n) is 1.93. The Morgan fingerprint density at radius 2 is 2.08 bits per heavy atom. The largest absolute Gasteiger partial charge is 0.396 e. The van der Waals surface area contributed by atoms with Crippen LogP contribution < -0.4 is 0 Å². The van der Waals surface area contributed by atoms with E-state index in [0.29, 0.717) is 0 Å². The predicted molar refractivity (Wildman–Crippen MR) is 46.9 cm³/mol. The Kier molecular flexibility index (Phi) is 2.97. The van der Waals surface area contributed by atoms with Gasteiger partial charge in [-0.3, -0.25) is 0 Å². The zero-order chi connectivity index (χ0) is 10.2. The van der Waals surface area contributed by atoms with Gasteiger partial charge in [-0.05, 0) is 13.8 Å². The number of aliphatic hydroxyl groups is 3. The van der Waals surface area contributed by atoms with Crippen molar-refractivity contribution in [3.8, 4) is 0 Å². The molecule has 0 spiro atoms. The molecule has 0 bridgehead atoms. The quantitative estimate of drug-likeness (QED) is 0.560. The number of ether oxygens (including phenoxy) is 1. The lowest BCUT2D eigenvalue weighted by Crippen LogP contribution is -2.45. The molecule has 3 N–H and O–H groups in total. The topological polar surface area (TPSA) is 69.9 Å². The Morgan fingerprint density at radius 1 is 1.54 bits per heavy atom. The summed E-state index contributed by atoms with van der Waals surface area (Å²) in [7, 11) is 0. The van der Waals surface area contributed by atoms with Crippen LogP contribution in [0.25, 0.3) is 0 Å². The van der Waals surface area contributed by atoms with Crippen molar-refractivity contribution in [3.05, 3.63) is 0 Å². The van der Waals surface area contributed by atoms with Crippen LogP contribution in [0.5, 0.6) is 0 Å². The Labute approximate surface area is 78.1 Å². The molecule has 1 aliphatic heterocycles. The Bertz CT molecular complexity index is 182. The van der Waals surface area contributed by atoms with Gasteiger partial charge in [-0.2, -0.15) is 0 Å². The van der Waals surface area contributed by atoms with Crippen LogP contribution in [0.2, 0.25) is 0 Å². The average Bonchev–Trinajstić information content (AvgIpc) is 2.25. The van der Waals surface area contributed by atoms with E-state index >= 15 is 0 Å². The summed E-state index contributed by atoms with van der Waals surface area (Å²) in [5, 5.41) is 28.1. The average molecular weight is 190 g/mol. The molecule has 0 aromatic heterocycles. The summed E-state index contributed by atoms with van der Waals surface area (Å²) in [4.78, 5) is 0. The fourth-order valence-corrected chi connectivity index (χ4v) is 1.93. The molecule has 0 radical (unpaired) electrons. The van der Waals surface area contributed by atoms with Gasteiger partial charge in [0.15, 0.2) is 6.29 Å². The molecule has 1 heterocycles. The second-order valence-corrected chi connectivity index (χ2v) is 4.02. The summed E-state index contributed by atoms with van der Waals surface area (Å²) < 4.78 is 5.27. The van der Waals surface area contributed by atoms with E-state index in [1.54, 1.807) is 20.8 Å². The van der Waals surface area contributed by atoms with Gasteiger partial charge in [0.25, 0.3) is 0 Å². The van der Waals surface area contributed by atoms with Gasteiger partial charge < -0.3 is 20.1 Å². The third kappa shape index (κ3) is 1.59. The van der Waals surface area contributed by atoms with Gasteiger partial charge in [0.05, 0.1) is 11.7 Å².